The number of halogens is 2. The van der Waals surface area contributed by atoms with E-state index in [1.807, 2.05) is 42.5 Å². The van der Waals surface area contributed by atoms with Gasteiger partial charge < -0.3 is 10.1 Å². The number of likely N-dealkylation sites (tertiary alicyclic amines) is 1. The zero-order valence-corrected chi connectivity index (χ0v) is 16.7. The van der Waals surface area contributed by atoms with Gasteiger partial charge in [0, 0.05) is 34.7 Å². The van der Waals surface area contributed by atoms with Crippen molar-refractivity contribution in [2.24, 2.45) is 0 Å². The summed E-state index contributed by atoms with van der Waals surface area (Å²) in [6.45, 7) is 6.84. The van der Waals surface area contributed by atoms with Crippen LogP contribution >= 0.6 is 23.2 Å². The van der Waals surface area contributed by atoms with Crippen LogP contribution in [0.5, 0.6) is 5.75 Å². The second-order valence-electron chi connectivity index (χ2n) is 6.72. The number of likely N-dealkylation sites (N-methyl/N-ethyl adjacent to an activating group) is 1. The lowest BCUT2D eigenvalue weighted by atomic mass is 10.1. The van der Waals surface area contributed by atoms with E-state index in [0.29, 0.717) is 12.6 Å². The predicted molar refractivity (Wildman–Crippen MR) is 109 cm³/mol. The maximum atomic E-state index is 6.20. The van der Waals surface area contributed by atoms with Crippen LogP contribution in [0.4, 0.5) is 0 Å². The second kappa shape index (κ2) is 9.61. The highest BCUT2D eigenvalue weighted by molar-refractivity contribution is 6.30. The van der Waals surface area contributed by atoms with Gasteiger partial charge in [-0.25, -0.2) is 0 Å². The zero-order chi connectivity index (χ0) is 18.4. The predicted octanol–water partition coefficient (Wildman–Crippen LogP) is 5.15. The molecule has 0 saturated carbocycles. The molecular formula is C21H26Cl2N2O. The molecule has 5 heteroatoms. The van der Waals surface area contributed by atoms with Crippen molar-refractivity contribution in [3.05, 3.63) is 63.6 Å². The molecule has 0 bridgehead atoms. The number of nitrogens with zero attached hydrogens (tertiary/aromatic N) is 1. The van der Waals surface area contributed by atoms with Gasteiger partial charge in [0.1, 0.15) is 12.4 Å². The summed E-state index contributed by atoms with van der Waals surface area (Å²) in [7, 11) is 0. The summed E-state index contributed by atoms with van der Waals surface area (Å²) in [5.41, 5.74) is 2.18. The normalized spacial score (nSPS) is 17.6. The SMILES string of the molecule is CCN1CCCC1CNCc1cc(Cl)ccc1OCc1ccc(Cl)cc1. The first-order valence-electron chi connectivity index (χ1n) is 9.26. The highest BCUT2D eigenvalue weighted by atomic mass is 35.5. The Morgan fingerprint density at radius 1 is 1.12 bits per heavy atom. The molecule has 2 aromatic rings. The monoisotopic (exact) mass is 392 g/mol. The molecule has 1 aliphatic heterocycles. The largest absolute Gasteiger partial charge is 0.489 e. The van der Waals surface area contributed by atoms with Gasteiger partial charge in [-0.2, -0.15) is 0 Å². The number of ether oxygens (including phenoxy) is 1. The highest BCUT2D eigenvalue weighted by Crippen LogP contribution is 2.24. The van der Waals surface area contributed by atoms with E-state index in [4.69, 9.17) is 27.9 Å². The van der Waals surface area contributed by atoms with Crippen LogP contribution < -0.4 is 10.1 Å². The lowest BCUT2D eigenvalue weighted by Crippen LogP contribution is -2.37. The van der Waals surface area contributed by atoms with Crippen LogP contribution in [0.3, 0.4) is 0 Å². The van der Waals surface area contributed by atoms with Gasteiger partial charge in [0.25, 0.3) is 0 Å². The molecule has 1 heterocycles. The molecule has 1 unspecified atom stereocenters. The summed E-state index contributed by atoms with van der Waals surface area (Å²) < 4.78 is 6.03. The summed E-state index contributed by atoms with van der Waals surface area (Å²) in [6, 6.07) is 14.2. The molecule has 1 saturated heterocycles. The fourth-order valence-corrected chi connectivity index (χ4v) is 3.81. The minimum absolute atomic E-state index is 0.512. The van der Waals surface area contributed by atoms with Gasteiger partial charge in [0.05, 0.1) is 0 Å². The lowest BCUT2D eigenvalue weighted by molar-refractivity contribution is 0.259. The third kappa shape index (κ3) is 5.37. The minimum Gasteiger partial charge on any atom is -0.489 e. The molecule has 1 fully saturated rings. The molecule has 140 valence electrons. The smallest absolute Gasteiger partial charge is 0.124 e. The third-order valence-corrected chi connectivity index (χ3v) is 5.42. The molecule has 26 heavy (non-hydrogen) atoms. The van der Waals surface area contributed by atoms with Gasteiger partial charge in [-0.05, 0) is 61.8 Å². The van der Waals surface area contributed by atoms with E-state index in [1.54, 1.807) is 0 Å². The Labute approximate surface area is 166 Å². The first-order valence-corrected chi connectivity index (χ1v) is 10.0. The number of nitrogens with one attached hydrogen (secondary N) is 1. The van der Waals surface area contributed by atoms with Gasteiger partial charge in [0.2, 0.25) is 0 Å². The third-order valence-electron chi connectivity index (χ3n) is 4.93. The van der Waals surface area contributed by atoms with E-state index in [1.165, 1.54) is 19.4 Å². The van der Waals surface area contributed by atoms with Crippen molar-refractivity contribution in [1.29, 1.82) is 0 Å². The Hall–Kier alpha value is -1.26. The molecule has 1 aliphatic rings. The van der Waals surface area contributed by atoms with Crippen molar-refractivity contribution >= 4 is 23.2 Å². The topological polar surface area (TPSA) is 24.5 Å². The Morgan fingerprint density at radius 2 is 1.88 bits per heavy atom. The molecule has 0 amide bonds. The minimum atomic E-state index is 0.512. The van der Waals surface area contributed by atoms with E-state index in [2.05, 4.69) is 17.1 Å². The van der Waals surface area contributed by atoms with Crippen LogP contribution in [0.15, 0.2) is 42.5 Å². The molecular weight excluding hydrogens is 367 g/mol. The van der Waals surface area contributed by atoms with E-state index >= 15 is 0 Å². The van der Waals surface area contributed by atoms with Crippen molar-refractivity contribution in [2.75, 3.05) is 19.6 Å². The Kier molecular flexibility index (Phi) is 7.21. The fraction of sp³-hybridized carbons (Fsp3) is 0.429. The van der Waals surface area contributed by atoms with Crippen molar-refractivity contribution in [1.82, 2.24) is 10.2 Å². The Balaban J connectivity index is 1.57. The second-order valence-corrected chi connectivity index (χ2v) is 7.60. The molecule has 3 rings (SSSR count). The number of hydrogen-bond acceptors (Lipinski definition) is 3. The number of rotatable bonds is 8. The molecule has 0 aromatic heterocycles. The van der Waals surface area contributed by atoms with Crippen molar-refractivity contribution in [2.45, 2.75) is 39.0 Å². The van der Waals surface area contributed by atoms with Crippen LogP contribution in [-0.2, 0) is 13.2 Å². The lowest BCUT2D eigenvalue weighted by Gasteiger charge is -2.23. The first kappa shape index (κ1) is 19.5. The summed E-state index contributed by atoms with van der Waals surface area (Å²) in [5, 5.41) is 5.05. The molecule has 0 radical (unpaired) electrons. The summed E-state index contributed by atoms with van der Waals surface area (Å²) in [6.07, 6.45) is 2.57. The van der Waals surface area contributed by atoms with Crippen molar-refractivity contribution in [3.63, 3.8) is 0 Å². The standard InChI is InChI=1S/C21H26Cl2N2O/c1-2-25-11-3-4-20(25)14-24-13-17-12-19(23)9-10-21(17)26-15-16-5-7-18(22)8-6-16/h5-10,12,20,24H,2-4,11,13-15H2,1H3. The van der Waals surface area contributed by atoms with Crippen molar-refractivity contribution in [3.8, 4) is 5.75 Å². The summed E-state index contributed by atoms with van der Waals surface area (Å²) in [4.78, 5) is 2.54. The quantitative estimate of drug-likeness (QED) is 0.672. The van der Waals surface area contributed by atoms with Crippen LogP contribution in [0.2, 0.25) is 10.0 Å². The van der Waals surface area contributed by atoms with Crippen LogP contribution in [0, 0.1) is 0 Å². The van der Waals surface area contributed by atoms with E-state index < -0.39 is 0 Å². The maximum absolute atomic E-state index is 6.20. The van der Waals surface area contributed by atoms with Gasteiger partial charge >= 0.3 is 0 Å². The maximum Gasteiger partial charge on any atom is 0.124 e. The molecule has 3 nitrogen and oxygen atoms in total. The van der Waals surface area contributed by atoms with Crippen LogP contribution in [0.25, 0.3) is 0 Å². The molecule has 0 spiro atoms. The zero-order valence-electron chi connectivity index (χ0n) is 15.2. The van der Waals surface area contributed by atoms with Crippen molar-refractivity contribution < 1.29 is 4.74 Å². The van der Waals surface area contributed by atoms with Crippen LogP contribution in [0.1, 0.15) is 30.9 Å². The molecule has 1 N–H and O–H groups in total. The van der Waals surface area contributed by atoms with Gasteiger partial charge in [-0.15, -0.1) is 0 Å². The van der Waals surface area contributed by atoms with E-state index in [0.717, 1.165) is 46.6 Å². The van der Waals surface area contributed by atoms with Gasteiger partial charge in [-0.1, -0.05) is 42.3 Å². The molecule has 0 aliphatic carbocycles. The average molecular weight is 393 g/mol. The first-order chi connectivity index (χ1) is 12.7. The highest BCUT2D eigenvalue weighted by Gasteiger charge is 2.22. The molecule has 1 atom stereocenters. The van der Waals surface area contributed by atoms with Gasteiger partial charge in [0.15, 0.2) is 0 Å². The van der Waals surface area contributed by atoms with Gasteiger partial charge in [-0.3, -0.25) is 4.90 Å². The Bertz CT molecular complexity index is 706. The number of hydrogen-bond donors (Lipinski definition) is 1. The summed E-state index contributed by atoms with van der Waals surface area (Å²) >= 11 is 12.1. The van der Waals surface area contributed by atoms with E-state index in [9.17, 15) is 0 Å². The summed E-state index contributed by atoms with van der Waals surface area (Å²) in [5.74, 6) is 0.871. The van der Waals surface area contributed by atoms with Crippen LogP contribution in [-0.4, -0.2) is 30.6 Å². The Morgan fingerprint density at radius 3 is 2.65 bits per heavy atom. The molecule has 2 aromatic carbocycles. The fourth-order valence-electron chi connectivity index (χ4n) is 3.48. The van der Waals surface area contributed by atoms with E-state index in [-0.39, 0.29) is 0 Å². The average Bonchev–Trinajstić information content (AvgIpc) is 3.10. The number of benzene rings is 2.